The van der Waals surface area contributed by atoms with Crippen molar-refractivity contribution in [3.05, 3.63) is 28.8 Å². The van der Waals surface area contributed by atoms with E-state index in [9.17, 15) is 9.59 Å². The van der Waals surface area contributed by atoms with Crippen LogP contribution in [0.5, 0.6) is 0 Å². The molecule has 0 heterocycles. The number of urea groups is 1. The summed E-state index contributed by atoms with van der Waals surface area (Å²) in [6, 6.07) is 4.52. The third-order valence-electron chi connectivity index (χ3n) is 3.54. The van der Waals surface area contributed by atoms with Gasteiger partial charge in [0.1, 0.15) is 0 Å². The van der Waals surface area contributed by atoms with Gasteiger partial charge in [0.05, 0.1) is 10.6 Å². The number of benzene rings is 1. The smallest absolute Gasteiger partial charge is 0.319 e. The van der Waals surface area contributed by atoms with Crippen molar-refractivity contribution in [2.75, 3.05) is 31.6 Å². The summed E-state index contributed by atoms with van der Waals surface area (Å²) < 4.78 is 5.43. The number of ether oxygens (including phenoxy) is 1. The van der Waals surface area contributed by atoms with Gasteiger partial charge in [-0.3, -0.25) is 4.79 Å². The second kappa shape index (κ2) is 12.5. The van der Waals surface area contributed by atoms with Crippen molar-refractivity contribution in [1.29, 1.82) is 0 Å². The van der Waals surface area contributed by atoms with E-state index in [-0.39, 0.29) is 11.9 Å². The molecule has 0 fully saturated rings. The van der Waals surface area contributed by atoms with Gasteiger partial charge in [0.15, 0.2) is 0 Å². The number of carbonyl (C=O) groups is 2. The monoisotopic (exact) mass is 383 g/mol. The minimum atomic E-state index is -0.313. The van der Waals surface area contributed by atoms with Crippen LogP contribution in [0.1, 0.15) is 50.4 Å². The zero-order valence-electron chi connectivity index (χ0n) is 15.9. The zero-order chi connectivity index (χ0) is 19.4. The molecule has 3 amide bonds. The second-order valence-corrected chi connectivity index (χ2v) is 6.91. The molecule has 0 saturated carbocycles. The molecule has 0 aliphatic carbocycles. The lowest BCUT2D eigenvalue weighted by Gasteiger charge is -2.11. The average Bonchev–Trinajstić information content (AvgIpc) is 2.59. The van der Waals surface area contributed by atoms with Crippen molar-refractivity contribution in [3.8, 4) is 0 Å². The van der Waals surface area contributed by atoms with Crippen LogP contribution < -0.4 is 16.0 Å². The van der Waals surface area contributed by atoms with Crippen LogP contribution >= 0.6 is 11.6 Å². The number of anilines is 1. The number of hydrogen-bond donors (Lipinski definition) is 3. The molecule has 0 aliphatic rings. The first-order valence-corrected chi connectivity index (χ1v) is 9.52. The van der Waals surface area contributed by atoms with Crippen molar-refractivity contribution < 1.29 is 14.3 Å². The summed E-state index contributed by atoms with van der Waals surface area (Å²) in [7, 11) is 0. The van der Waals surface area contributed by atoms with Crippen molar-refractivity contribution in [1.82, 2.24) is 10.6 Å². The molecule has 0 aliphatic heterocycles. The van der Waals surface area contributed by atoms with Crippen LogP contribution in [0, 0.1) is 5.92 Å². The Morgan fingerprint density at radius 2 is 1.88 bits per heavy atom. The molecule has 26 heavy (non-hydrogen) atoms. The zero-order valence-corrected chi connectivity index (χ0v) is 16.6. The first-order chi connectivity index (χ1) is 12.4. The third kappa shape index (κ3) is 9.06. The van der Waals surface area contributed by atoms with Gasteiger partial charge in [0, 0.05) is 32.0 Å². The highest BCUT2D eigenvalue weighted by atomic mass is 35.5. The summed E-state index contributed by atoms with van der Waals surface area (Å²) in [5, 5.41) is 8.58. The quantitative estimate of drug-likeness (QED) is 0.504. The van der Waals surface area contributed by atoms with Crippen LogP contribution in [-0.4, -0.2) is 38.2 Å². The lowest BCUT2D eigenvalue weighted by atomic mass is 10.1. The number of hydrogen-bond acceptors (Lipinski definition) is 3. The Morgan fingerprint density at radius 3 is 2.54 bits per heavy atom. The summed E-state index contributed by atoms with van der Waals surface area (Å²) >= 11 is 6.16. The van der Waals surface area contributed by atoms with Gasteiger partial charge in [-0.25, -0.2) is 4.79 Å². The molecular weight excluding hydrogens is 354 g/mol. The standard InChI is InChI=1S/C19H30ClN3O3/c1-4-5-10-26-11-6-9-21-19(25)23-15-7-8-16(17(20)12-15)18(24)22-13-14(2)3/h7-8,12,14H,4-6,9-11,13H2,1-3H3,(H,22,24)(H2,21,23,25). The summed E-state index contributed by atoms with van der Waals surface area (Å²) in [6.07, 6.45) is 2.93. The number of halogens is 1. The summed E-state index contributed by atoms with van der Waals surface area (Å²) in [5.41, 5.74) is 0.926. The summed E-state index contributed by atoms with van der Waals surface area (Å²) in [5.74, 6) is 0.141. The Morgan fingerprint density at radius 1 is 1.15 bits per heavy atom. The highest BCUT2D eigenvalue weighted by Crippen LogP contribution is 2.21. The third-order valence-corrected chi connectivity index (χ3v) is 3.85. The number of rotatable bonds is 11. The molecule has 0 spiro atoms. The van der Waals surface area contributed by atoms with Gasteiger partial charge >= 0.3 is 6.03 Å². The van der Waals surface area contributed by atoms with Crippen LogP contribution in [-0.2, 0) is 4.74 Å². The van der Waals surface area contributed by atoms with Crippen molar-refractivity contribution in [3.63, 3.8) is 0 Å². The molecule has 0 saturated heterocycles. The second-order valence-electron chi connectivity index (χ2n) is 6.50. The molecule has 7 heteroatoms. The lowest BCUT2D eigenvalue weighted by Crippen LogP contribution is -2.30. The average molecular weight is 384 g/mol. The Kier molecular flexibility index (Phi) is 10.7. The van der Waals surface area contributed by atoms with Gasteiger partial charge in [-0.05, 0) is 37.0 Å². The van der Waals surface area contributed by atoms with Crippen molar-refractivity contribution in [2.24, 2.45) is 5.92 Å². The van der Waals surface area contributed by atoms with Gasteiger partial charge in [0.25, 0.3) is 5.91 Å². The van der Waals surface area contributed by atoms with Crippen molar-refractivity contribution >= 4 is 29.2 Å². The Labute approximate surface area is 161 Å². The Hall–Kier alpha value is -1.79. The molecular formula is C19H30ClN3O3. The summed E-state index contributed by atoms with van der Waals surface area (Å²) in [6.45, 7) is 8.66. The molecule has 0 aromatic heterocycles. The first-order valence-electron chi connectivity index (χ1n) is 9.14. The first kappa shape index (κ1) is 22.3. The van der Waals surface area contributed by atoms with Crippen molar-refractivity contribution in [2.45, 2.75) is 40.0 Å². The molecule has 1 aromatic rings. The molecule has 0 bridgehead atoms. The molecule has 6 nitrogen and oxygen atoms in total. The maximum atomic E-state index is 12.1. The van der Waals surface area contributed by atoms with Gasteiger partial charge < -0.3 is 20.7 Å². The van der Waals surface area contributed by atoms with E-state index in [1.807, 2.05) is 13.8 Å². The van der Waals surface area contributed by atoms with E-state index in [0.29, 0.717) is 41.9 Å². The van der Waals surface area contributed by atoms with E-state index < -0.39 is 0 Å². The number of nitrogens with one attached hydrogen (secondary N) is 3. The van der Waals surface area contributed by atoms with Crippen LogP contribution in [0.3, 0.4) is 0 Å². The van der Waals surface area contributed by atoms with E-state index in [4.69, 9.17) is 16.3 Å². The van der Waals surface area contributed by atoms with E-state index in [0.717, 1.165) is 25.9 Å². The van der Waals surface area contributed by atoms with Gasteiger partial charge in [-0.15, -0.1) is 0 Å². The maximum Gasteiger partial charge on any atom is 0.319 e. The molecule has 1 aromatic carbocycles. The van der Waals surface area contributed by atoms with E-state index in [1.54, 1.807) is 18.2 Å². The minimum Gasteiger partial charge on any atom is -0.381 e. The Bertz CT molecular complexity index is 579. The molecule has 146 valence electrons. The highest BCUT2D eigenvalue weighted by molar-refractivity contribution is 6.34. The van der Waals surface area contributed by atoms with E-state index in [2.05, 4.69) is 22.9 Å². The van der Waals surface area contributed by atoms with Crippen LogP contribution in [0.15, 0.2) is 18.2 Å². The normalized spacial score (nSPS) is 10.7. The fourth-order valence-electron chi connectivity index (χ4n) is 2.07. The van der Waals surface area contributed by atoms with Crippen LogP contribution in [0.2, 0.25) is 5.02 Å². The molecule has 0 unspecified atom stereocenters. The van der Waals surface area contributed by atoms with E-state index >= 15 is 0 Å². The van der Waals surface area contributed by atoms with Gasteiger partial charge in [0.2, 0.25) is 0 Å². The van der Waals surface area contributed by atoms with Crippen LogP contribution in [0.4, 0.5) is 10.5 Å². The largest absolute Gasteiger partial charge is 0.381 e. The number of amides is 3. The maximum absolute atomic E-state index is 12.1. The lowest BCUT2D eigenvalue weighted by molar-refractivity contribution is 0.0949. The summed E-state index contributed by atoms with van der Waals surface area (Å²) in [4.78, 5) is 23.9. The predicted molar refractivity (Wildman–Crippen MR) is 106 cm³/mol. The topological polar surface area (TPSA) is 79.5 Å². The number of carbonyl (C=O) groups excluding carboxylic acids is 2. The Balaban J connectivity index is 2.37. The van der Waals surface area contributed by atoms with Gasteiger partial charge in [-0.1, -0.05) is 38.8 Å². The molecule has 1 rings (SSSR count). The minimum absolute atomic E-state index is 0.220. The van der Waals surface area contributed by atoms with E-state index in [1.165, 1.54) is 0 Å². The van der Waals surface area contributed by atoms with Crippen LogP contribution in [0.25, 0.3) is 0 Å². The highest BCUT2D eigenvalue weighted by Gasteiger charge is 2.12. The fraction of sp³-hybridized carbons (Fsp3) is 0.579. The molecule has 0 radical (unpaired) electrons. The number of unbranched alkanes of at least 4 members (excludes halogenated alkanes) is 1. The molecule has 0 atom stereocenters. The SMILES string of the molecule is CCCCOCCCNC(=O)Nc1ccc(C(=O)NCC(C)C)c(Cl)c1. The van der Waals surface area contributed by atoms with Gasteiger partial charge in [-0.2, -0.15) is 0 Å². The predicted octanol–water partition coefficient (Wildman–Crippen LogP) is 4.05. The molecule has 3 N–H and O–H groups in total. The fourth-order valence-corrected chi connectivity index (χ4v) is 2.34.